The molecule has 7 heteroatoms. The second-order valence-corrected chi connectivity index (χ2v) is 7.83. The number of rotatable bonds is 6. The first-order valence-electron chi connectivity index (χ1n) is 10.2. The van der Waals surface area contributed by atoms with E-state index in [1.54, 1.807) is 31.5 Å². The molecule has 1 fully saturated rings. The Balaban J connectivity index is 1.31. The number of amides is 1. The molecule has 2 aliphatic rings. The van der Waals surface area contributed by atoms with E-state index in [4.69, 9.17) is 9.47 Å². The normalized spacial score (nSPS) is 16.5. The van der Waals surface area contributed by atoms with Gasteiger partial charge in [-0.1, -0.05) is 30.3 Å². The second kappa shape index (κ2) is 7.59. The average Bonchev–Trinajstić information content (AvgIpc) is 3.50. The predicted molar refractivity (Wildman–Crippen MR) is 116 cm³/mol. The molecule has 1 aliphatic heterocycles. The molecule has 1 amide bonds. The van der Waals surface area contributed by atoms with Crippen molar-refractivity contribution in [1.82, 2.24) is 4.98 Å². The Morgan fingerprint density at radius 3 is 2.81 bits per heavy atom. The second-order valence-electron chi connectivity index (χ2n) is 7.83. The molecular weight excluding hydrogens is 394 g/mol. The highest BCUT2D eigenvalue weighted by atomic mass is 16.5. The minimum absolute atomic E-state index is 0.0797. The molecule has 1 aromatic heterocycles. The summed E-state index contributed by atoms with van der Waals surface area (Å²) >= 11 is 0. The van der Waals surface area contributed by atoms with Crippen molar-refractivity contribution in [3.63, 3.8) is 0 Å². The van der Waals surface area contributed by atoms with Gasteiger partial charge in [-0.3, -0.25) is 4.79 Å². The highest BCUT2D eigenvalue weighted by molar-refractivity contribution is 6.01. The van der Waals surface area contributed by atoms with Gasteiger partial charge in [0.2, 0.25) is 5.91 Å². The summed E-state index contributed by atoms with van der Waals surface area (Å²) in [4.78, 5) is 17.4. The quantitative estimate of drug-likeness (QED) is 0.568. The third-order valence-corrected chi connectivity index (χ3v) is 5.99. The van der Waals surface area contributed by atoms with Crippen LogP contribution in [0.2, 0.25) is 0 Å². The predicted octanol–water partition coefficient (Wildman–Crippen LogP) is 3.60. The van der Waals surface area contributed by atoms with E-state index in [2.05, 4.69) is 15.6 Å². The van der Waals surface area contributed by atoms with E-state index >= 15 is 0 Å². The van der Waals surface area contributed by atoms with Crippen molar-refractivity contribution in [1.29, 1.82) is 0 Å². The zero-order valence-electron chi connectivity index (χ0n) is 17.1. The van der Waals surface area contributed by atoms with Gasteiger partial charge in [0.15, 0.2) is 6.73 Å². The number of anilines is 2. The van der Waals surface area contributed by atoms with Crippen molar-refractivity contribution in [3.05, 3.63) is 77.5 Å². The zero-order chi connectivity index (χ0) is 21.4. The first kappa shape index (κ1) is 19.4. The van der Waals surface area contributed by atoms with Crippen LogP contribution in [-0.2, 0) is 10.2 Å². The van der Waals surface area contributed by atoms with Gasteiger partial charge in [-0.2, -0.15) is 0 Å². The Bertz CT molecular complexity index is 1130. The number of carbonyl (C=O) groups excluding carboxylic acids is 1. The van der Waals surface area contributed by atoms with E-state index in [1.807, 2.05) is 36.4 Å². The number of pyridine rings is 1. The van der Waals surface area contributed by atoms with Crippen LogP contribution in [0.5, 0.6) is 11.5 Å². The molecular formula is C24H23N3O4. The third kappa shape index (κ3) is 3.47. The number of hydrogen-bond donors (Lipinski definition) is 3. The van der Waals surface area contributed by atoms with Gasteiger partial charge in [0.1, 0.15) is 23.4 Å². The molecule has 2 aromatic carbocycles. The number of para-hydroxylation sites is 1. The minimum atomic E-state index is -0.872. The molecule has 3 aromatic rings. The van der Waals surface area contributed by atoms with Crippen LogP contribution in [0.25, 0.3) is 0 Å². The number of aromatic nitrogens is 1. The van der Waals surface area contributed by atoms with Crippen LogP contribution < -0.4 is 20.1 Å². The molecule has 1 saturated carbocycles. The van der Waals surface area contributed by atoms with Crippen molar-refractivity contribution in [3.8, 4) is 11.5 Å². The number of methoxy groups -OCH3 is 1. The number of aliphatic hydroxyl groups excluding tert-OH is 1. The van der Waals surface area contributed by atoms with Gasteiger partial charge < -0.3 is 25.2 Å². The fourth-order valence-electron chi connectivity index (χ4n) is 4.00. The molecule has 1 aliphatic carbocycles. The van der Waals surface area contributed by atoms with E-state index in [0.717, 1.165) is 29.8 Å². The number of ether oxygens (including phenoxy) is 2. The van der Waals surface area contributed by atoms with E-state index in [1.165, 1.54) is 0 Å². The molecule has 1 atom stereocenters. The van der Waals surface area contributed by atoms with Crippen LogP contribution >= 0.6 is 0 Å². The minimum Gasteiger partial charge on any atom is -0.496 e. The van der Waals surface area contributed by atoms with Crippen molar-refractivity contribution >= 4 is 17.4 Å². The number of fused-ring (bicyclic) bond motifs is 1. The summed E-state index contributed by atoms with van der Waals surface area (Å²) in [6.07, 6.45) is 2.27. The molecule has 1 unspecified atom stereocenters. The van der Waals surface area contributed by atoms with Gasteiger partial charge in [-0.05, 0) is 42.7 Å². The van der Waals surface area contributed by atoms with Crippen molar-refractivity contribution in [2.75, 3.05) is 24.5 Å². The van der Waals surface area contributed by atoms with E-state index in [-0.39, 0.29) is 5.91 Å². The number of nitrogens with one attached hydrogen (secondary N) is 2. The fourth-order valence-corrected chi connectivity index (χ4v) is 4.00. The SMILES string of the molecule is COc1ccccc1C(O)c1ccc(NC(=O)C2(c3ccc4c(c3)OCN4)CC2)nc1. The molecule has 0 radical (unpaired) electrons. The maximum Gasteiger partial charge on any atom is 0.236 e. The largest absolute Gasteiger partial charge is 0.496 e. The average molecular weight is 417 g/mol. The Labute approximate surface area is 180 Å². The Morgan fingerprint density at radius 2 is 2.06 bits per heavy atom. The molecule has 0 saturated heterocycles. The number of nitrogens with zero attached hydrogens (tertiary/aromatic N) is 1. The molecule has 0 bridgehead atoms. The number of hydrogen-bond acceptors (Lipinski definition) is 6. The Morgan fingerprint density at radius 1 is 1.23 bits per heavy atom. The smallest absolute Gasteiger partial charge is 0.236 e. The lowest BCUT2D eigenvalue weighted by atomic mass is 9.94. The fraction of sp³-hybridized carbons (Fsp3) is 0.250. The summed E-state index contributed by atoms with van der Waals surface area (Å²) in [7, 11) is 1.57. The molecule has 5 rings (SSSR count). The highest BCUT2D eigenvalue weighted by Crippen LogP contribution is 2.50. The zero-order valence-corrected chi connectivity index (χ0v) is 17.1. The van der Waals surface area contributed by atoms with E-state index in [9.17, 15) is 9.90 Å². The van der Waals surface area contributed by atoms with Crippen LogP contribution in [0.15, 0.2) is 60.8 Å². The Kier molecular flexibility index (Phi) is 4.75. The maximum atomic E-state index is 13.0. The summed E-state index contributed by atoms with van der Waals surface area (Å²) in [6, 6.07) is 16.7. The van der Waals surface area contributed by atoms with Gasteiger partial charge in [0.25, 0.3) is 0 Å². The first-order valence-corrected chi connectivity index (χ1v) is 10.2. The van der Waals surface area contributed by atoms with Crippen LogP contribution in [0.4, 0.5) is 11.5 Å². The lowest BCUT2D eigenvalue weighted by molar-refractivity contribution is -0.118. The molecule has 158 valence electrons. The lowest BCUT2D eigenvalue weighted by Gasteiger charge is -2.17. The molecule has 0 spiro atoms. The topological polar surface area (TPSA) is 92.7 Å². The van der Waals surface area contributed by atoms with Crippen LogP contribution in [0.1, 0.15) is 35.6 Å². The van der Waals surface area contributed by atoms with Crippen molar-refractivity contribution in [2.24, 2.45) is 0 Å². The molecule has 7 nitrogen and oxygen atoms in total. The molecule has 3 N–H and O–H groups in total. The van der Waals surface area contributed by atoms with Gasteiger partial charge >= 0.3 is 0 Å². The summed E-state index contributed by atoms with van der Waals surface area (Å²) in [5.74, 6) is 1.76. The van der Waals surface area contributed by atoms with Gasteiger partial charge in [-0.15, -0.1) is 0 Å². The maximum absolute atomic E-state index is 13.0. The summed E-state index contributed by atoms with van der Waals surface area (Å²) in [6.45, 7) is 0.453. The summed E-state index contributed by atoms with van der Waals surface area (Å²) < 4.78 is 10.9. The summed E-state index contributed by atoms with van der Waals surface area (Å²) in [5.41, 5.74) is 2.64. The lowest BCUT2D eigenvalue weighted by Crippen LogP contribution is -2.28. The highest BCUT2D eigenvalue weighted by Gasteiger charge is 2.51. The van der Waals surface area contributed by atoms with Crippen LogP contribution in [0.3, 0.4) is 0 Å². The molecule has 2 heterocycles. The van der Waals surface area contributed by atoms with Crippen LogP contribution in [0, 0.1) is 0 Å². The van der Waals surface area contributed by atoms with Crippen LogP contribution in [-0.4, -0.2) is 29.8 Å². The van der Waals surface area contributed by atoms with E-state index < -0.39 is 11.5 Å². The number of aliphatic hydroxyl groups is 1. The van der Waals surface area contributed by atoms with Gasteiger partial charge in [0, 0.05) is 17.3 Å². The molecule has 31 heavy (non-hydrogen) atoms. The monoisotopic (exact) mass is 417 g/mol. The standard InChI is InChI=1S/C24H23N3O4/c1-30-19-5-3-2-4-17(19)22(28)15-6-9-21(25-13-15)27-23(29)24(10-11-24)16-7-8-18-20(12-16)31-14-26-18/h2-9,12-13,22,26,28H,10-11,14H2,1H3,(H,25,27,29). The summed E-state index contributed by atoms with van der Waals surface area (Å²) in [5, 5.41) is 16.8. The first-order chi connectivity index (χ1) is 15.1. The third-order valence-electron chi connectivity index (χ3n) is 5.99. The number of carbonyl (C=O) groups is 1. The van der Waals surface area contributed by atoms with Crippen molar-refractivity contribution in [2.45, 2.75) is 24.4 Å². The Hall–Kier alpha value is -3.58. The number of benzene rings is 2. The van der Waals surface area contributed by atoms with Gasteiger partial charge in [-0.25, -0.2) is 4.98 Å². The van der Waals surface area contributed by atoms with E-state index in [0.29, 0.717) is 29.4 Å². The van der Waals surface area contributed by atoms with Gasteiger partial charge in [0.05, 0.1) is 18.2 Å². The van der Waals surface area contributed by atoms with Crippen molar-refractivity contribution < 1.29 is 19.4 Å².